The van der Waals surface area contributed by atoms with Crippen LogP contribution in [0.1, 0.15) is 32.1 Å². The molecular weight excluding hydrogens is 212 g/mol. The van der Waals surface area contributed by atoms with E-state index in [1.165, 1.54) is 51.0 Å². The standard InChI is InChI=1S/C13H24N4/c1-2-5-12-11(4-1)15-13(16-12)10-17-8-3-6-14-7-9-17/h11-12,14H,1-10H2,(H,15,16). The molecule has 96 valence electrons. The minimum absolute atomic E-state index is 0.587. The summed E-state index contributed by atoms with van der Waals surface area (Å²) < 4.78 is 0. The van der Waals surface area contributed by atoms with Gasteiger partial charge in [0.15, 0.2) is 0 Å². The summed E-state index contributed by atoms with van der Waals surface area (Å²) in [6.45, 7) is 5.70. The molecule has 2 heterocycles. The van der Waals surface area contributed by atoms with E-state index in [4.69, 9.17) is 4.99 Å². The van der Waals surface area contributed by atoms with Crippen molar-refractivity contribution in [1.29, 1.82) is 0 Å². The van der Waals surface area contributed by atoms with Crippen LogP contribution in [0.4, 0.5) is 0 Å². The Morgan fingerprint density at radius 1 is 1.12 bits per heavy atom. The highest BCUT2D eigenvalue weighted by Crippen LogP contribution is 2.24. The molecule has 2 fully saturated rings. The van der Waals surface area contributed by atoms with Gasteiger partial charge in [0.05, 0.1) is 12.6 Å². The van der Waals surface area contributed by atoms with Crippen molar-refractivity contribution in [3.05, 3.63) is 0 Å². The van der Waals surface area contributed by atoms with Crippen molar-refractivity contribution in [3.8, 4) is 0 Å². The predicted molar refractivity (Wildman–Crippen MR) is 70.5 cm³/mol. The molecule has 2 N–H and O–H groups in total. The van der Waals surface area contributed by atoms with Gasteiger partial charge in [0, 0.05) is 19.1 Å². The lowest BCUT2D eigenvalue weighted by Crippen LogP contribution is -2.41. The number of nitrogens with zero attached hydrogens (tertiary/aromatic N) is 2. The zero-order valence-electron chi connectivity index (χ0n) is 10.6. The van der Waals surface area contributed by atoms with Crippen molar-refractivity contribution in [2.24, 2.45) is 4.99 Å². The van der Waals surface area contributed by atoms with Crippen LogP contribution in [0.2, 0.25) is 0 Å². The van der Waals surface area contributed by atoms with Crippen LogP contribution in [0.15, 0.2) is 4.99 Å². The minimum Gasteiger partial charge on any atom is -0.368 e. The summed E-state index contributed by atoms with van der Waals surface area (Å²) in [5.41, 5.74) is 0. The number of fused-ring (bicyclic) bond motifs is 1. The fourth-order valence-electron chi connectivity index (χ4n) is 3.24. The van der Waals surface area contributed by atoms with Gasteiger partial charge in [-0.3, -0.25) is 9.89 Å². The van der Waals surface area contributed by atoms with Crippen molar-refractivity contribution in [1.82, 2.24) is 15.5 Å². The Morgan fingerprint density at radius 3 is 3.00 bits per heavy atom. The molecule has 0 spiro atoms. The molecule has 1 aliphatic carbocycles. The van der Waals surface area contributed by atoms with Crippen LogP contribution in [0.25, 0.3) is 0 Å². The molecule has 3 aliphatic rings. The lowest BCUT2D eigenvalue weighted by Gasteiger charge is -2.24. The summed E-state index contributed by atoms with van der Waals surface area (Å²) in [7, 11) is 0. The summed E-state index contributed by atoms with van der Waals surface area (Å²) in [5, 5.41) is 7.10. The third kappa shape index (κ3) is 2.80. The molecule has 0 amide bonds. The number of hydrogen-bond acceptors (Lipinski definition) is 4. The average molecular weight is 236 g/mol. The first-order valence-corrected chi connectivity index (χ1v) is 7.18. The van der Waals surface area contributed by atoms with Gasteiger partial charge in [-0.25, -0.2) is 0 Å². The molecule has 0 radical (unpaired) electrons. The van der Waals surface area contributed by atoms with Gasteiger partial charge in [0.2, 0.25) is 0 Å². The van der Waals surface area contributed by atoms with Gasteiger partial charge in [-0.1, -0.05) is 12.8 Å². The largest absolute Gasteiger partial charge is 0.368 e. The van der Waals surface area contributed by atoms with Gasteiger partial charge in [-0.05, 0) is 32.4 Å². The summed E-state index contributed by atoms with van der Waals surface area (Å²) in [6, 6.07) is 1.24. The molecule has 2 atom stereocenters. The van der Waals surface area contributed by atoms with E-state index in [0.717, 1.165) is 19.6 Å². The highest BCUT2D eigenvalue weighted by Gasteiger charge is 2.31. The maximum Gasteiger partial charge on any atom is 0.111 e. The van der Waals surface area contributed by atoms with E-state index in [1.807, 2.05) is 0 Å². The maximum absolute atomic E-state index is 4.88. The third-order valence-electron chi connectivity index (χ3n) is 4.21. The Kier molecular flexibility index (Phi) is 3.62. The van der Waals surface area contributed by atoms with Crippen molar-refractivity contribution in [3.63, 3.8) is 0 Å². The second kappa shape index (κ2) is 5.36. The van der Waals surface area contributed by atoms with Crippen LogP contribution in [0.5, 0.6) is 0 Å². The van der Waals surface area contributed by atoms with Gasteiger partial charge in [-0.15, -0.1) is 0 Å². The first kappa shape index (κ1) is 11.5. The van der Waals surface area contributed by atoms with Crippen molar-refractivity contribution in [2.45, 2.75) is 44.2 Å². The zero-order valence-corrected chi connectivity index (χ0v) is 10.6. The Bertz CT molecular complexity index is 281. The number of nitrogens with one attached hydrogen (secondary N) is 2. The van der Waals surface area contributed by atoms with Gasteiger partial charge < -0.3 is 10.6 Å². The Balaban J connectivity index is 1.54. The summed E-state index contributed by atoms with van der Waals surface area (Å²) >= 11 is 0. The van der Waals surface area contributed by atoms with Crippen LogP contribution < -0.4 is 10.6 Å². The van der Waals surface area contributed by atoms with Crippen LogP contribution in [-0.4, -0.2) is 55.5 Å². The SMILES string of the molecule is C1CCC2NC(CN3CCCNCC3)=NC2C1. The highest BCUT2D eigenvalue weighted by molar-refractivity contribution is 5.86. The molecule has 0 aromatic rings. The molecule has 2 unspecified atom stereocenters. The molecule has 0 aromatic carbocycles. The molecule has 2 aliphatic heterocycles. The van der Waals surface area contributed by atoms with E-state index >= 15 is 0 Å². The average Bonchev–Trinajstić information content (AvgIpc) is 2.57. The van der Waals surface area contributed by atoms with Gasteiger partial charge in [0.25, 0.3) is 0 Å². The quantitative estimate of drug-likeness (QED) is 0.737. The molecule has 4 heteroatoms. The lowest BCUT2D eigenvalue weighted by atomic mass is 9.92. The highest BCUT2D eigenvalue weighted by atomic mass is 15.2. The minimum atomic E-state index is 0.587. The van der Waals surface area contributed by atoms with Crippen LogP contribution in [0.3, 0.4) is 0 Å². The van der Waals surface area contributed by atoms with E-state index in [1.54, 1.807) is 0 Å². The van der Waals surface area contributed by atoms with E-state index in [0.29, 0.717) is 12.1 Å². The molecule has 0 aromatic heterocycles. The Morgan fingerprint density at radius 2 is 2.06 bits per heavy atom. The van der Waals surface area contributed by atoms with Crippen LogP contribution >= 0.6 is 0 Å². The number of hydrogen-bond donors (Lipinski definition) is 2. The van der Waals surface area contributed by atoms with Gasteiger partial charge in [0.1, 0.15) is 5.84 Å². The molecule has 4 nitrogen and oxygen atoms in total. The molecule has 1 saturated carbocycles. The molecule has 1 saturated heterocycles. The summed E-state index contributed by atoms with van der Waals surface area (Å²) in [4.78, 5) is 7.41. The fraction of sp³-hybridized carbons (Fsp3) is 0.923. The lowest BCUT2D eigenvalue weighted by molar-refractivity contribution is 0.330. The third-order valence-corrected chi connectivity index (χ3v) is 4.21. The first-order valence-electron chi connectivity index (χ1n) is 7.18. The molecule has 0 bridgehead atoms. The van der Waals surface area contributed by atoms with Crippen molar-refractivity contribution >= 4 is 5.84 Å². The summed E-state index contributed by atoms with van der Waals surface area (Å²) in [5.74, 6) is 1.25. The van der Waals surface area contributed by atoms with E-state index in [9.17, 15) is 0 Å². The molecular formula is C13H24N4. The van der Waals surface area contributed by atoms with E-state index in [-0.39, 0.29) is 0 Å². The molecule has 3 rings (SSSR count). The van der Waals surface area contributed by atoms with E-state index < -0.39 is 0 Å². The second-order valence-corrected chi connectivity index (χ2v) is 5.56. The van der Waals surface area contributed by atoms with E-state index in [2.05, 4.69) is 15.5 Å². The number of amidine groups is 1. The topological polar surface area (TPSA) is 39.7 Å². The van der Waals surface area contributed by atoms with Crippen LogP contribution in [-0.2, 0) is 0 Å². The predicted octanol–water partition coefficient (Wildman–Crippen LogP) is 0.595. The normalized spacial score (nSPS) is 34.7. The van der Waals surface area contributed by atoms with Crippen molar-refractivity contribution in [2.75, 3.05) is 32.7 Å². The number of rotatable bonds is 2. The van der Waals surface area contributed by atoms with Crippen molar-refractivity contribution < 1.29 is 0 Å². The second-order valence-electron chi connectivity index (χ2n) is 5.56. The Hall–Kier alpha value is -0.610. The van der Waals surface area contributed by atoms with Gasteiger partial charge >= 0.3 is 0 Å². The monoisotopic (exact) mass is 236 g/mol. The smallest absolute Gasteiger partial charge is 0.111 e. The zero-order chi connectivity index (χ0) is 11.5. The maximum atomic E-state index is 4.88. The molecule has 17 heavy (non-hydrogen) atoms. The number of aliphatic imine (C=N–C) groups is 1. The fourth-order valence-corrected chi connectivity index (χ4v) is 3.24. The Labute approximate surface area is 104 Å². The van der Waals surface area contributed by atoms with Gasteiger partial charge in [-0.2, -0.15) is 0 Å². The van der Waals surface area contributed by atoms with Crippen LogP contribution in [0, 0.1) is 0 Å². The summed E-state index contributed by atoms with van der Waals surface area (Å²) in [6.07, 6.45) is 6.62. The first-order chi connectivity index (χ1) is 8.42.